The number of hydrogen-bond acceptors (Lipinski definition) is 3. The van der Waals surface area contributed by atoms with E-state index in [1.54, 1.807) is 0 Å². The fraction of sp³-hybridized carbons (Fsp3) is 0.929. The summed E-state index contributed by atoms with van der Waals surface area (Å²) >= 11 is 1.99. The molecule has 2 saturated carbocycles. The molecule has 0 radical (unpaired) electrons. The summed E-state index contributed by atoms with van der Waals surface area (Å²) in [5, 5.41) is 13.1. The maximum absolute atomic E-state index is 11.1. The van der Waals surface area contributed by atoms with Gasteiger partial charge in [-0.05, 0) is 43.8 Å². The molecule has 0 aromatic carbocycles. The second-order valence-corrected chi connectivity index (χ2v) is 7.29. The third-order valence-corrected chi connectivity index (χ3v) is 5.33. The average molecular weight is 271 g/mol. The van der Waals surface area contributed by atoms with Gasteiger partial charge in [-0.3, -0.25) is 4.79 Å². The summed E-state index contributed by atoms with van der Waals surface area (Å²) in [5.41, 5.74) is 0. The predicted octanol–water partition coefficient (Wildman–Crippen LogP) is 2.89. The standard InChI is InChI=1S/C14H25NO2S/c1-10-3-2-4-12(9-10)18-8-7-13(14(16)17)15-11-5-6-11/h10-13,15H,2-9H2,1H3,(H,16,17). The molecule has 0 aromatic heterocycles. The van der Waals surface area contributed by atoms with Crippen molar-refractivity contribution >= 4 is 17.7 Å². The molecule has 0 heterocycles. The van der Waals surface area contributed by atoms with Crippen LogP contribution in [0.25, 0.3) is 0 Å². The summed E-state index contributed by atoms with van der Waals surface area (Å²) in [7, 11) is 0. The normalized spacial score (nSPS) is 30.1. The van der Waals surface area contributed by atoms with Crippen molar-refractivity contribution in [3.63, 3.8) is 0 Å². The minimum absolute atomic E-state index is 0.328. The zero-order valence-corrected chi connectivity index (χ0v) is 12.0. The molecule has 104 valence electrons. The lowest BCUT2D eigenvalue weighted by Crippen LogP contribution is -2.38. The molecule has 0 saturated heterocycles. The molecule has 2 aliphatic rings. The summed E-state index contributed by atoms with van der Waals surface area (Å²) in [6, 6.07) is 0.150. The lowest BCUT2D eigenvalue weighted by Gasteiger charge is -2.26. The first kappa shape index (κ1) is 14.2. The number of carboxylic acid groups (broad SMARTS) is 1. The first-order chi connectivity index (χ1) is 8.65. The Hall–Kier alpha value is -0.220. The molecular formula is C14H25NO2S. The maximum atomic E-state index is 11.1. The van der Waals surface area contributed by atoms with Crippen LogP contribution in [0.2, 0.25) is 0 Å². The van der Waals surface area contributed by atoms with Crippen molar-refractivity contribution in [2.75, 3.05) is 5.75 Å². The van der Waals surface area contributed by atoms with E-state index in [0.29, 0.717) is 6.04 Å². The topological polar surface area (TPSA) is 49.3 Å². The summed E-state index contributed by atoms with van der Waals surface area (Å²) in [4.78, 5) is 11.1. The second kappa shape index (κ2) is 6.80. The Bertz CT molecular complexity index is 281. The van der Waals surface area contributed by atoms with E-state index in [4.69, 9.17) is 5.11 Å². The zero-order valence-electron chi connectivity index (χ0n) is 11.2. The van der Waals surface area contributed by atoms with Gasteiger partial charge < -0.3 is 10.4 Å². The van der Waals surface area contributed by atoms with Crippen LogP contribution in [-0.2, 0) is 4.79 Å². The summed E-state index contributed by atoms with van der Waals surface area (Å²) in [6.07, 6.45) is 8.43. The minimum atomic E-state index is -0.681. The maximum Gasteiger partial charge on any atom is 0.320 e. The highest BCUT2D eigenvalue weighted by atomic mass is 32.2. The van der Waals surface area contributed by atoms with Crippen LogP contribution in [0.3, 0.4) is 0 Å². The van der Waals surface area contributed by atoms with Gasteiger partial charge in [0.15, 0.2) is 0 Å². The third kappa shape index (κ3) is 4.81. The van der Waals surface area contributed by atoms with Crippen LogP contribution >= 0.6 is 11.8 Å². The third-order valence-electron chi connectivity index (χ3n) is 3.96. The van der Waals surface area contributed by atoms with Crippen LogP contribution in [0.4, 0.5) is 0 Å². The number of nitrogens with one attached hydrogen (secondary N) is 1. The van der Waals surface area contributed by atoms with Gasteiger partial charge in [-0.15, -0.1) is 0 Å². The Kier molecular flexibility index (Phi) is 5.37. The van der Waals surface area contributed by atoms with E-state index in [9.17, 15) is 4.79 Å². The molecule has 0 spiro atoms. The molecule has 0 amide bonds. The van der Waals surface area contributed by atoms with Crippen molar-refractivity contribution in [3.8, 4) is 0 Å². The minimum Gasteiger partial charge on any atom is -0.480 e. The fourth-order valence-corrected chi connectivity index (χ4v) is 4.20. The number of thioether (sulfide) groups is 1. The Morgan fingerprint density at radius 1 is 1.39 bits per heavy atom. The molecule has 2 N–H and O–H groups in total. The van der Waals surface area contributed by atoms with Gasteiger partial charge in [-0.2, -0.15) is 11.8 Å². The van der Waals surface area contributed by atoms with Crippen molar-refractivity contribution in [2.45, 2.75) is 69.2 Å². The van der Waals surface area contributed by atoms with Crippen molar-refractivity contribution < 1.29 is 9.90 Å². The molecule has 0 aliphatic heterocycles. The van der Waals surface area contributed by atoms with E-state index >= 15 is 0 Å². The summed E-state index contributed by atoms with van der Waals surface area (Å²) < 4.78 is 0. The number of aliphatic carboxylic acids is 1. The highest BCUT2D eigenvalue weighted by Gasteiger charge is 2.28. The molecule has 18 heavy (non-hydrogen) atoms. The van der Waals surface area contributed by atoms with E-state index in [1.165, 1.54) is 25.7 Å². The highest BCUT2D eigenvalue weighted by Crippen LogP contribution is 2.32. The molecule has 4 heteroatoms. The monoisotopic (exact) mass is 271 g/mol. The van der Waals surface area contributed by atoms with Crippen LogP contribution in [0.5, 0.6) is 0 Å². The second-order valence-electron chi connectivity index (χ2n) is 5.89. The predicted molar refractivity (Wildman–Crippen MR) is 76.1 cm³/mol. The SMILES string of the molecule is CC1CCCC(SCCC(NC2CC2)C(=O)O)C1. The molecular weight excluding hydrogens is 246 g/mol. The van der Waals surface area contributed by atoms with Gasteiger partial charge in [0.2, 0.25) is 0 Å². The van der Waals surface area contributed by atoms with Gasteiger partial charge in [0.1, 0.15) is 6.04 Å². The van der Waals surface area contributed by atoms with Crippen LogP contribution in [0, 0.1) is 5.92 Å². The first-order valence-electron chi connectivity index (χ1n) is 7.25. The van der Waals surface area contributed by atoms with E-state index in [-0.39, 0.29) is 6.04 Å². The largest absolute Gasteiger partial charge is 0.480 e. The average Bonchev–Trinajstić information content (AvgIpc) is 3.11. The zero-order chi connectivity index (χ0) is 13.0. The van der Waals surface area contributed by atoms with Crippen molar-refractivity contribution in [1.82, 2.24) is 5.32 Å². The lowest BCUT2D eigenvalue weighted by molar-refractivity contribution is -0.139. The Morgan fingerprint density at radius 3 is 2.78 bits per heavy atom. The van der Waals surface area contributed by atoms with Crippen LogP contribution in [0.1, 0.15) is 51.9 Å². The molecule has 2 rings (SSSR count). The molecule has 3 atom stereocenters. The van der Waals surface area contributed by atoms with Crippen molar-refractivity contribution in [1.29, 1.82) is 0 Å². The molecule has 0 aromatic rings. The van der Waals surface area contributed by atoms with E-state index in [1.807, 2.05) is 11.8 Å². The van der Waals surface area contributed by atoms with Crippen molar-refractivity contribution in [3.05, 3.63) is 0 Å². The Labute approximate surface area is 114 Å². The van der Waals surface area contributed by atoms with Crippen LogP contribution in [0.15, 0.2) is 0 Å². The highest BCUT2D eigenvalue weighted by molar-refractivity contribution is 7.99. The van der Waals surface area contributed by atoms with Crippen LogP contribution < -0.4 is 5.32 Å². The Balaban J connectivity index is 1.64. The fourth-order valence-electron chi connectivity index (χ4n) is 2.70. The number of carboxylic acids is 1. The molecule has 3 nitrogen and oxygen atoms in total. The van der Waals surface area contributed by atoms with Gasteiger partial charge in [0.25, 0.3) is 0 Å². The number of carbonyl (C=O) groups is 1. The van der Waals surface area contributed by atoms with E-state index < -0.39 is 5.97 Å². The summed E-state index contributed by atoms with van der Waals surface area (Å²) in [6.45, 7) is 2.33. The number of rotatable bonds is 7. The first-order valence-corrected chi connectivity index (χ1v) is 8.30. The Morgan fingerprint density at radius 2 is 2.17 bits per heavy atom. The quantitative estimate of drug-likeness (QED) is 0.747. The molecule has 3 unspecified atom stereocenters. The van der Waals surface area contributed by atoms with E-state index in [2.05, 4.69) is 12.2 Å². The smallest absolute Gasteiger partial charge is 0.320 e. The number of hydrogen-bond donors (Lipinski definition) is 2. The van der Waals surface area contributed by atoms with Gasteiger partial charge in [0.05, 0.1) is 0 Å². The van der Waals surface area contributed by atoms with Gasteiger partial charge in [-0.1, -0.05) is 19.8 Å². The molecule has 0 bridgehead atoms. The van der Waals surface area contributed by atoms with E-state index in [0.717, 1.165) is 36.2 Å². The molecule has 2 fully saturated rings. The van der Waals surface area contributed by atoms with Gasteiger partial charge in [0, 0.05) is 11.3 Å². The van der Waals surface area contributed by atoms with Crippen molar-refractivity contribution in [2.24, 2.45) is 5.92 Å². The molecule has 2 aliphatic carbocycles. The summed E-state index contributed by atoms with van der Waals surface area (Å²) in [5.74, 6) is 1.16. The van der Waals surface area contributed by atoms with Gasteiger partial charge >= 0.3 is 5.97 Å². The van der Waals surface area contributed by atoms with Crippen LogP contribution in [-0.4, -0.2) is 34.2 Å². The van der Waals surface area contributed by atoms with Gasteiger partial charge in [-0.25, -0.2) is 0 Å². The lowest BCUT2D eigenvalue weighted by atomic mass is 9.91.